The van der Waals surface area contributed by atoms with Crippen molar-refractivity contribution in [2.24, 2.45) is 0 Å². The molecule has 2 aromatic carbocycles. The molecule has 6 nitrogen and oxygen atoms in total. The van der Waals surface area contributed by atoms with E-state index in [2.05, 4.69) is 5.32 Å². The number of para-hydroxylation sites is 1. The summed E-state index contributed by atoms with van der Waals surface area (Å²) in [6.07, 6.45) is 1.84. The van der Waals surface area contributed by atoms with Crippen molar-refractivity contribution in [2.45, 2.75) is 25.9 Å². The first-order valence-electron chi connectivity index (χ1n) is 8.60. The average molecular weight is 364 g/mol. The van der Waals surface area contributed by atoms with Crippen molar-refractivity contribution >= 4 is 28.6 Å². The van der Waals surface area contributed by atoms with E-state index in [4.69, 9.17) is 0 Å². The summed E-state index contributed by atoms with van der Waals surface area (Å²) in [5.41, 5.74) is 2.13. The van der Waals surface area contributed by atoms with Crippen LogP contribution in [0.25, 0.3) is 10.9 Å². The van der Waals surface area contributed by atoms with Crippen LogP contribution in [0.15, 0.2) is 60.8 Å². The van der Waals surface area contributed by atoms with Gasteiger partial charge in [0.1, 0.15) is 12.6 Å². The van der Waals surface area contributed by atoms with Crippen molar-refractivity contribution < 1.29 is 19.5 Å². The number of aromatic nitrogens is 1. The summed E-state index contributed by atoms with van der Waals surface area (Å²) >= 11 is 0. The minimum absolute atomic E-state index is 0.0631. The highest BCUT2D eigenvalue weighted by atomic mass is 16.4. The number of Topliss-reactive ketones (excluding diaryl/α,β-unsaturated/α-hetero) is 1. The summed E-state index contributed by atoms with van der Waals surface area (Å²) in [5, 5.41) is 12.8. The van der Waals surface area contributed by atoms with Crippen LogP contribution in [0.4, 0.5) is 0 Å². The number of ketones is 1. The topological polar surface area (TPSA) is 88.4 Å². The van der Waals surface area contributed by atoms with Gasteiger partial charge in [-0.25, -0.2) is 4.79 Å². The molecule has 1 heterocycles. The predicted octanol–water partition coefficient (Wildman–Crippen LogP) is 2.66. The van der Waals surface area contributed by atoms with Crippen LogP contribution in [0.3, 0.4) is 0 Å². The van der Waals surface area contributed by atoms with Crippen molar-refractivity contribution in [1.82, 2.24) is 9.88 Å². The fourth-order valence-corrected chi connectivity index (χ4v) is 3.10. The smallest absolute Gasteiger partial charge is 0.326 e. The minimum atomic E-state index is -1.09. The number of carboxylic acid groups (broad SMARTS) is 1. The van der Waals surface area contributed by atoms with E-state index in [1.165, 1.54) is 6.92 Å². The summed E-state index contributed by atoms with van der Waals surface area (Å²) in [4.78, 5) is 35.8. The number of nitrogens with one attached hydrogen (secondary N) is 1. The summed E-state index contributed by atoms with van der Waals surface area (Å²) in [7, 11) is 0. The predicted molar refractivity (Wildman–Crippen MR) is 102 cm³/mol. The lowest BCUT2D eigenvalue weighted by Crippen LogP contribution is -2.43. The van der Waals surface area contributed by atoms with Gasteiger partial charge >= 0.3 is 5.97 Å². The van der Waals surface area contributed by atoms with E-state index in [9.17, 15) is 19.5 Å². The van der Waals surface area contributed by atoms with Crippen LogP contribution in [0, 0.1) is 0 Å². The molecule has 0 aliphatic heterocycles. The van der Waals surface area contributed by atoms with Crippen LogP contribution >= 0.6 is 0 Å². The van der Waals surface area contributed by atoms with Crippen LogP contribution in [0.2, 0.25) is 0 Å². The minimum Gasteiger partial charge on any atom is -0.480 e. The number of hydrogen-bond donors (Lipinski definition) is 2. The van der Waals surface area contributed by atoms with Crippen LogP contribution < -0.4 is 5.32 Å². The summed E-state index contributed by atoms with van der Waals surface area (Å²) in [5.74, 6) is -1.60. The third kappa shape index (κ3) is 4.23. The molecule has 0 radical (unpaired) electrons. The van der Waals surface area contributed by atoms with Crippen molar-refractivity contribution in [2.75, 3.05) is 0 Å². The molecule has 138 valence electrons. The largest absolute Gasteiger partial charge is 0.480 e. The lowest BCUT2D eigenvalue weighted by Gasteiger charge is -2.15. The number of hydrogen-bond acceptors (Lipinski definition) is 3. The van der Waals surface area contributed by atoms with Gasteiger partial charge in [-0.2, -0.15) is 0 Å². The number of benzene rings is 2. The Labute approximate surface area is 156 Å². The van der Waals surface area contributed by atoms with E-state index >= 15 is 0 Å². The Bertz CT molecular complexity index is 992. The highest BCUT2D eigenvalue weighted by Crippen LogP contribution is 2.21. The van der Waals surface area contributed by atoms with E-state index in [1.807, 2.05) is 54.6 Å². The molecule has 6 heteroatoms. The Morgan fingerprint density at radius 1 is 1.04 bits per heavy atom. The van der Waals surface area contributed by atoms with E-state index in [0.717, 1.165) is 16.5 Å². The number of carbonyl (C=O) groups is 3. The molecule has 1 atom stereocenters. The van der Waals surface area contributed by atoms with Crippen molar-refractivity contribution in [3.8, 4) is 0 Å². The molecule has 0 unspecified atom stereocenters. The first-order chi connectivity index (χ1) is 13.0. The molecule has 0 spiro atoms. The maximum Gasteiger partial charge on any atom is 0.326 e. The Hall–Kier alpha value is -3.41. The molecular weight excluding hydrogens is 344 g/mol. The fraction of sp³-hybridized carbons (Fsp3) is 0.190. The number of carboxylic acids is 1. The summed E-state index contributed by atoms with van der Waals surface area (Å²) in [6.45, 7) is 1.42. The number of rotatable bonds is 7. The Kier molecular flexibility index (Phi) is 5.35. The molecule has 0 aliphatic rings. The molecule has 3 aromatic rings. The van der Waals surface area contributed by atoms with Crippen molar-refractivity contribution in [3.63, 3.8) is 0 Å². The molecule has 27 heavy (non-hydrogen) atoms. The molecule has 3 rings (SSSR count). The van der Waals surface area contributed by atoms with Gasteiger partial charge in [-0.3, -0.25) is 9.59 Å². The van der Waals surface area contributed by atoms with Gasteiger partial charge in [0.25, 0.3) is 0 Å². The second-order valence-electron chi connectivity index (χ2n) is 6.39. The van der Waals surface area contributed by atoms with E-state index in [-0.39, 0.29) is 18.7 Å². The Morgan fingerprint density at radius 2 is 1.70 bits per heavy atom. The second-order valence-corrected chi connectivity index (χ2v) is 6.39. The zero-order valence-corrected chi connectivity index (χ0v) is 14.9. The third-order valence-corrected chi connectivity index (χ3v) is 4.40. The number of amides is 1. The van der Waals surface area contributed by atoms with E-state index < -0.39 is 17.9 Å². The molecule has 0 fully saturated rings. The SMILES string of the molecule is CC(=O)c1cn(CC(=O)N[C@H](Cc2ccccc2)C(=O)O)c2ccccc12. The lowest BCUT2D eigenvalue weighted by atomic mass is 10.1. The van der Waals surface area contributed by atoms with Gasteiger partial charge in [-0.05, 0) is 18.6 Å². The standard InChI is InChI=1S/C21H20N2O4/c1-14(24)17-12-23(19-10-6-5-9-16(17)19)13-20(25)22-18(21(26)27)11-15-7-3-2-4-8-15/h2-10,12,18H,11,13H2,1H3,(H,22,25)(H,26,27)/t18-/m1/s1. The maximum absolute atomic E-state index is 12.5. The third-order valence-electron chi connectivity index (χ3n) is 4.40. The average Bonchev–Trinajstić information content (AvgIpc) is 3.01. The molecule has 0 aliphatic carbocycles. The Morgan fingerprint density at radius 3 is 2.37 bits per heavy atom. The zero-order chi connectivity index (χ0) is 19.4. The van der Waals surface area contributed by atoms with Crippen molar-refractivity contribution in [1.29, 1.82) is 0 Å². The number of carbonyl (C=O) groups excluding carboxylic acids is 2. The van der Waals surface area contributed by atoms with Gasteiger partial charge in [-0.1, -0.05) is 48.5 Å². The van der Waals surface area contributed by atoms with Gasteiger partial charge in [0.05, 0.1) is 0 Å². The molecule has 0 saturated heterocycles. The van der Waals surface area contributed by atoms with Crippen LogP contribution in [0.5, 0.6) is 0 Å². The van der Waals surface area contributed by atoms with Gasteiger partial charge < -0.3 is 15.0 Å². The van der Waals surface area contributed by atoms with Crippen LogP contribution in [0.1, 0.15) is 22.8 Å². The molecule has 1 aromatic heterocycles. The molecule has 0 saturated carbocycles. The summed E-state index contributed by atoms with van der Waals surface area (Å²) < 4.78 is 1.67. The normalized spacial score (nSPS) is 11.9. The fourth-order valence-electron chi connectivity index (χ4n) is 3.10. The molecule has 0 bridgehead atoms. The van der Waals surface area contributed by atoms with Crippen LogP contribution in [-0.4, -0.2) is 33.4 Å². The number of fused-ring (bicyclic) bond motifs is 1. The van der Waals surface area contributed by atoms with Gasteiger partial charge in [0.15, 0.2) is 5.78 Å². The number of nitrogens with zero attached hydrogens (tertiary/aromatic N) is 1. The number of aliphatic carboxylic acids is 1. The van der Waals surface area contributed by atoms with E-state index in [1.54, 1.807) is 10.8 Å². The highest BCUT2D eigenvalue weighted by Gasteiger charge is 2.21. The quantitative estimate of drug-likeness (QED) is 0.631. The molecule has 1 amide bonds. The first kappa shape index (κ1) is 18.4. The molecule has 2 N–H and O–H groups in total. The summed E-state index contributed by atoms with van der Waals surface area (Å²) in [6, 6.07) is 15.4. The maximum atomic E-state index is 12.5. The zero-order valence-electron chi connectivity index (χ0n) is 14.9. The van der Waals surface area contributed by atoms with Crippen LogP contribution in [-0.2, 0) is 22.6 Å². The second kappa shape index (κ2) is 7.86. The Balaban J connectivity index is 1.77. The highest BCUT2D eigenvalue weighted by molar-refractivity contribution is 6.07. The first-order valence-corrected chi connectivity index (χ1v) is 8.60. The van der Waals surface area contributed by atoms with Crippen molar-refractivity contribution in [3.05, 3.63) is 71.9 Å². The van der Waals surface area contributed by atoms with Gasteiger partial charge in [-0.15, -0.1) is 0 Å². The van der Waals surface area contributed by atoms with E-state index in [0.29, 0.717) is 5.56 Å². The van der Waals surface area contributed by atoms with Gasteiger partial charge in [0, 0.05) is 29.1 Å². The lowest BCUT2D eigenvalue weighted by molar-refractivity contribution is -0.141. The van der Waals surface area contributed by atoms with Gasteiger partial charge in [0.2, 0.25) is 5.91 Å². The molecular formula is C21H20N2O4. The monoisotopic (exact) mass is 364 g/mol.